The van der Waals surface area contributed by atoms with Gasteiger partial charge in [-0.1, -0.05) is 6.07 Å². The van der Waals surface area contributed by atoms with Crippen molar-refractivity contribution in [2.45, 2.75) is 13.2 Å². The van der Waals surface area contributed by atoms with Crippen LogP contribution in [0.1, 0.15) is 11.4 Å². The molecule has 0 unspecified atom stereocenters. The molecular weight excluding hydrogens is 242 g/mol. The molecule has 0 aromatic carbocycles. The lowest BCUT2D eigenvalue weighted by molar-refractivity contribution is 0.271. The van der Waals surface area contributed by atoms with Gasteiger partial charge in [0.05, 0.1) is 0 Å². The molecule has 0 spiro atoms. The number of aliphatic hydroxyl groups excluding tert-OH is 1. The fraction of sp³-hybridized carbons (Fsp3) is 0.308. The van der Waals surface area contributed by atoms with Gasteiger partial charge >= 0.3 is 0 Å². The molecule has 0 saturated heterocycles. The van der Waals surface area contributed by atoms with Crippen molar-refractivity contribution >= 4 is 11.6 Å². The number of anilines is 2. The van der Waals surface area contributed by atoms with Crippen molar-refractivity contribution in [3.8, 4) is 0 Å². The molecule has 0 atom stereocenters. The quantitative estimate of drug-likeness (QED) is 0.836. The molecule has 0 amide bonds. The zero-order valence-corrected chi connectivity index (χ0v) is 11.0. The fourth-order valence-electron chi connectivity index (χ4n) is 1.73. The van der Waals surface area contributed by atoms with Gasteiger partial charge < -0.3 is 15.3 Å². The second kappa shape index (κ2) is 6.10. The van der Waals surface area contributed by atoms with Gasteiger partial charge in [0.1, 0.15) is 18.2 Å². The van der Waals surface area contributed by atoms with Crippen LogP contribution >= 0.6 is 0 Å². The van der Waals surface area contributed by atoms with Crippen LogP contribution in [0.4, 0.5) is 11.6 Å². The molecule has 0 bridgehead atoms. The molecule has 2 rings (SSSR count). The lowest BCUT2D eigenvalue weighted by Gasteiger charge is -2.16. The highest BCUT2D eigenvalue weighted by molar-refractivity contribution is 5.47. The number of pyridine rings is 1. The van der Waals surface area contributed by atoms with Crippen LogP contribution in [-0.4, -0.2) is 34.2 Å². The predicted octanol–water partition coefficient (Wildman–Crippen LogP) is 1.04. The monoisotopic (exact) mass is 259 g/mol. The summed E-state index contributed by atoms with van der Waals surface area (Å²) >= 11 is 0. The summed E-state index contributed by atoms with van der Waals surface area (Å²) in [5, 5.41) is 12.2. The smallest absolute Gasteiger partial charge is 0.156 e. The summed E-state index contributed by atoms with van der Waals surface area (Å²) in [6.07, 6.45) is 3.39. The summed E-state index contributed by atoms with van der Waals surface area (Å²) in [5.41, 5.74) is 1.08. The van der Waals surface area contributed by atoms with Gasteiger partial charge in [-0.15, -0.1) is 0 Å². The van der Waals surface area contributed by atoms with E-state index < -0.39 is 0 Å². The Hall–Kier alpha value is -2.21. The van der Waals surface area contributed by atoms with E-state index in [0.29, 0.717) is 18.2 Å². The van der Waals surface area contributed by atoms with Crippen molar-refractivity contribution in [2.24, 2.45) is 0 Å². The highest BCUT2D eigenvalue weighted by Gasteiger charge is 2.05. The topological polar surface area (TPSA) is 74.2 Å². The fourth-order valence-corrected chi connectivity index (χ4v) is 1.73. The number of nitrogens with zero attached hydrogens (tertiary/aromatic N) is 4. The Morgan fingerprint density at radius 1 is 1.21 bits per heavy atom. The molecule has 2 N–H and O–H groups in total. The Bertz CT molecular complexity index is 544. The normalized spacial score (nSPS) is 10.3. The summed E-state index contributed by atoms with van der Waals surface area (Å²) in [6.45, 7) is 0.453. The van der Waals surface area contributed by atoms with E-state index in [9.17, 15) is 0 Å². The third kappa shape index (κ3) is 3.38. The van der Waals surface area contributed by atoms with E-state index >= 15 is 0 Å². The Labute approximate surface area is 112 Å². The first-order chi connectivity index (χ1) is 9.20. The highest BCUT2D eigenvalue weighted by Crippen LogP contribution is 2.15. The van der Waals surface area contributed by atoms with E-state index in [-0.39, 0.29) is 6.61 Å². The molecule has 100 valence electrons. The van der Waals surface area contributed by atoms with Crippen LogP contribution in [-0.2, 0) is 13.2 Å². The van der Waals surface area contributed by atoms with Crippen LogP contribution in [0, 0.1) is 0 Å². The molecular formula is C13H17N5O. The maximum atomic E-state index is 8.99. The number of aliphatic hydroxyl groups is 1. The van der Waals surface area contributed by atoms with E-state index in [0.717, 1.165) is 11.4 Å². The van der Waals surface area contributed by atoms with E-state index in [2.05, 4.69) is 20.3 Å². The lowest BCUT2D eigenvalue weighted by Crippen LogP contribution is -2.15. The van der Waals surface area contributed by atoms with Gasteiger partial charge in [0, 0.05) is 38.6 Å². The third-order valence-corrected chi connectivity index (χ3v) is 2.60. The van der Waals surface area contributed by atoms with Crippen molar-refractivity contribution in [3.05, 3.63) is 42.0 Å². The van der Waals surface area contributed by atoms with Crippen LogP contribution in [0.5, 0.6) is 0 Å². The van der Waals surface area contributed by atoms with Crippen molar-refractivity contribution in [1.82, 2.24) is 15.0 Å². The molecule has 0 aliphatic carbocycles. The minimum Gasteiger partial charge on any atom is -0.388 e. The molecule has 2 aromatic heterocycles. The van der Waals surface area contributed by atoms with Gasteiger partial charge in [-0.25, -0.2) is 15.0 Å². The van der Waals surface area contributed by atoms with Crippen molar-refractivity contribution < 1.29 is 5.11 Å². The van der Waals surface area contributed by atoms with Crippen molar-refractivity contribution in [3.63, 3.8) is 0 Å². The second-order valence-electron chi connectivity index (χ2n) is 4.25. The van der Waals surface area contributed by atoms with E-state index in [4.69, 9.17) is 5.11 Å². The van der Waals surface area contributed by atoms with Crippen LogP contribution in [0.3, 0.4) is 0 Å². The first kappa shape index (κ1) is 13.2. The van der Waals surface area contributed by atoms with Crippen LogP contribution < -0.4 is 10.2 Å². The first-order valence-electron chi connectivity index (χ1n) is 5.98. The van der Waals surface area contributed by atoms with E-state index in [1.807, 2.05) is 31.1 Å². The van der Waals surface area contributed by atoms with Crippen LogP contribution in [0.15, 0.2) is 30.6 Å². The van der Waals surface area contributed by atoms with Gasteiger partial charge in [0.25, 0.3) is 0 Å². The number of nitrogens with one attached hydrogen (secondary N) is 1. The molecule has 0 aliphatic heterocycles. The number of hydrogen-bond acceptors (Lipinski definition) is 6. The zero-order valence-electron chi connectivity index (χ0n) is 11.0. The SMILES string of the molecule is CN(C)c1ncccc1CNc1ccnc(CO)n1. The first-order valence-corrected chi connectivity index (χ1v) is 5.98. The maximum absolute atomic E-state index is 8.99. The van der Waals surface area contributed by atoms with E-state index in [1.165, 1.54) is 0 Å². The highest BCUT2D eigenvalue weighted by atomic mass is 16.3. The van der Waals surface area contributed by atoms with Crippen molar-refractivity contribution in [2.75, 3.05) is 24.3 Å². The zero-order chi connectivity index (χ0) is 13.7. The van der Waals surface area contributed by atoms with Gasteiger partial charge in [-0.2, -0.15) is 0 Å². The van der Waals surface area contributed by atoms with Gasteiger partial charge in [-0.05, 0) is 12.1 Å². The van der Waals surface area contributed by atoms with Crippen molar-refractivity contribution in [1.29, 1.82) is 0 Å². The van der Waals surface area contributed by atoms with Gasteiger partial charge in [0.2, 0.25) is 0 Å². The summed E-state index contributed by atoms with van der Waals surface area (Å²) in [7, 11) is 3.92. The van der Waals surface area contributed by atoms with Gasteiger partial charge in [0.15, 0.2) is 5.82 Å². The summed E-state index contributed by atoms with van der Waals surface area (Å²) < 4.78 is 0. The third-order valence-electron chi connectivity index (χ3n) is 2.60. The van der Waals surface area contributed by atoms with Crippen LogP contribution in [0.25, 0.3) is 0 Å². The number of aromatic nitrogens is 3. The van der Waals surface area contributed by atoms with Gasteiger partial charge in [-0.3, -0.25) is 0 Å². The molecule has 0 aliphatic rings. The lowest BCUT2D eigenvalue weighted by atomic mass is 10.2. The summed E-state index contributed by atoms with van der Waals surface area (Å²) in [6, 6.07) is 5.69. The molecule has 2 heterocycles. The summed E-state index contributed by atoms with van der Waals surface area (Å²) in [5.74, 6) is 2.02. The minimum absolute atomic E-state index is 0.161. The maximum Gasteiger partial charge on any atom is 0.156 e. The molecule has 0 saturated carbocycles. The molecule has 0 radical (unpaired) electrons. The molecule has 6 heteroatoms. The molecule has 6 nitrogen and oxygen atoms in total. The Balaban J connectivity index is 2.10. The minimum atomic E-state index is -0.161. The van der Waals surface area contributed by atoms with E-state index in [1.54, 1.807) is 18.5 Å². The average Bonchev–Trinajstić information content (AvgIpc) is 2.45. The average molecular weight is 259 g/mol. The molecule has 2 aromatic rings. The Morgan fingerprint density at radius 3 is 2.79 bits per heavy atom. The number of hydrogen-bond donors (Lipinski definition) is 2. The predicted molar refractivity (Wildman–Crippen MR) is 73.8 cm³/mol. The Kier molecular flexibility index (Phi) is 4.25. The Morgan fingerprint density at radius 2 is 2.05 bits per heavy atom. The summed E-state index contributed by atoms with van der Waals surface area (Å²) in [4.78, 5) is 14.4. The van der Waals surface area contributed by atoms with Crippen LogP contribution in [0.2, 0.25) is 0 Å². The number of rotatable bonds is 5. The standard InChI is InChI=1S/C13H17N5O/c1-18(2)13-10(4-3-6-15-13)8-16-11-5-7-14-12(9-19)17-11/h3-7,19H,8-9H2,1-2H3,(H,14,16,17). The molecule has 0 fully saturated rings. The largest absolute Gasteiger partial charge is 0.388 e. The molecule has 19 heavy (non-hydrogen) atoms. The second-order valence-corrected chi connectivity index (χ2v) is 4.25.